The molecule has 1 unspecified atom stereocenters. The molecule has 0 bridgehead atoms. The molecule has 0 aromatic carbocycles. The zero-order chi connectivity index (χ0) is 12.8. The monoisotopic (exact) mass is 255 g/mol. The van der Waals surface area contributed by atoms with Gasteiger partial charge in [0.2, 0.25) is 0 Å². The van der Waals surface area contributed by atoms with Gasteiger partial charge in [0.1, 0.15) is 11.4 Å². The van der Waals surface area contributed by atoms with Gasteiger partial charge in [0.05, 0.1) is 11.9 Å². The molecule has 0 fully saturated rings. The van der Waals surface area contributed by atoms with Crippen LogP contribution in [-0.4, -0.2) is 34.1 Å². The van der Waals surface area contributed by atoms with Crippen LogP contribution in [0.2, 0.25) is 0 Å². The largest absolute Gasteiger partial charge is 0.478 e. The number of nitrogens with zero attached hydrogens (tertiary/aromatic N) is 1. The Morgan fingerprint density at radius 2 is 2.41 bits per heavy atom. The number of hydrogen-bond acceptors (Lipinski definition) is 5. The highest BCUT2D eigenvalue weighted by Crippen LogP contribution is 2.17. The number of carboxylic acid groups (broad SMARTS) is 1. The first kappa shape index (κ1) is 13.6. The van der Waals surface area contributed by atoms with Gasteiger partial charge in [-0.1, -0.05) is 0 Å². The summed E-state index contributed by atoms with van der Waals surface area (Å²) in [6, 6.07) is 1.59. The van der Waals surface area contributed by atoms with Gasteiger partial charge in [0.25, 0.3) is 0 Å². The molecular weight excluding hydrogens is 238 g/mol. The third kappa shape index (κ3) is 4.14. The molecule has 0 spiro atoms. The Labute approximate surface area is 105 Å². The Bertz CT molecular complexity index is 398. The molecule has 94 valence electrons. The van der Waals surface area contributed by atoms with E-state index >= 15 is 0 Å². The smallest absolute Gasteiger partial charge is 0.339 e. The van der Waals surface area contributed by atoms with Crippen molar-refractivity contribution < 1.29 is 9.90 Å². The molecule has 1 rings (SSSR count). The quantitative estimate of drug-likeness (QED) is 0.719. The first-order valence-electron chi connectivity index (χ1n) is 5.29. The average molecular weight is 255 g/mol. The number of aromatic carboxylic acids is 1. The van der Waals surface area contributed by atoms with Crippen LogP contribution in [0.3, 0.4) is 0 Å². The lowest BCUT2D eigenvalue weighted by Crippen LogP contribution is -2.19. The van der Waals surface area contributed by atoms with Gasteiger partial charge in [-0.3, -0.25) is 0 Å². The summed E-state index contributed by atoms with van der Waals surface area (Å²) >= 11 is 1.76. The molecule has 17 heavy (non-hydrogen) atoms. The van der Waals surface area contributed by atoms with Crippen LogP contribution in [0.5, 0.6) is 0 Å². The second-order valence-corrected chi connectivity index (χ2v) is 4.78. The first-order chi connectivity index (χ1) is 8.04. The van der Waals surface area contributed by atoms with E-state index < -0.39 is 5.97 Å². The van der Waals surface area contributed by atoms with Gasteiger partial charge in [-0.05, 0) is 31.4 Å². The number of pyridine rings is 1. The summed E-state index contributed by atoms with van der Waals surface area (Å²) in [4.78, 5) is 15.1. The van der Waals surface area contributed by atoms with Crippen LogP contribution >= 0.6 is 11.8 Å². The van der Waals surface area contributed by atoms with Gasteiger partial charge in [0.15, 0.2) is 0 Å². The van der Waals surface area contributed by atoms with Crippen molar-refractivity contribution in [3.63, 3.8) is 0 Å². The fourth-order valence-electron chi connectivity index (χ4n) is 1.36. The van der Waals surface area contributed by atoms with Crippen molar-refractivity contribution in [1.82, 2.24) is 4.98 Å². The van der Waals surface area contributed by atoms with E-state index in [-0.39, 0.29) is 11.6 Å². The normalized spacial score (nSPS) is 12.1. The molecule has 1 aromatic rings. The highest BCUT2D eigenvalue weighted by atomic mass is 32.2. The van der Waals surface area contributed by atoms with E-state index in [1.54, 1.807) is 11.8 Å². The molecule has 0 amide bonds. The summed E-state index contributed by atoms with van der Waals surface area (Å²) in [6.07, 6.45) is 4.44. The third-order valence-electron chi connectivity index (χ3n) is 2.28. The second kappa shape index (κ2) is 6.34. The fourth-order valence-corrected chi connectivity index (χ4v) is 1.95. The van der Waals surface area contributed by atoms with E-state index in [0.29, 0.717) is 11.5 Å². The van der Waals surface area contributed by atoms with E-state index in [1.807, 2.05) is 13.2 Å². The van der Waals surface area contributed by atoms with Crippen molar-refractivity contribution in [3.05, 3.63) is 17.8 Å². The number of carboxylic acids is 1. The molecule has 1 heterocycles. The van der Waals surface area contributed by atoms with Crippen LogP contribution < -0.4 is 11.1 Å². The lowest BCUT2D eigenvalue weighted by atomic mass is 10.2. The topological polar surface area (TPSA) is 88.2 Å². The minimum Gasteiger partial charge on any atom is -0.478 e. The summed E-state index contributed by atoms with van der Waals surface area (Å²) in [5.41, 5.74) is 5.98. The Hall–Kier alpha value is -1.43. The van der Waals surface area contributed by atoms with Crippen LogP contribution in [0, 0.1) is 0 Å². The zero-order valence-corrected chi connectivity index (χ0v) is 10.8. The van der Waals surface area contributed by atoms with E-state index in [2.05, 4.69) is 10.3 Å². The predicted molar refractivity (Wildman–Crippen MR) is 71.7 cm³/mol. The SMILES string of the molecule is CSCCC(C)Nc1ncc(N)cc1C(=O)O. The van der Waals surface area contributed by atoms with E-state index in [0.717, 1.165) is 12.2 Å². The summed E-state index contributed by atoms with van der Waals surface area (Å²) < 4.78 is 0. The number of anilines is 2. The van der Waals surface area contributed by atoms with Crippen LogP contribution in [0.15, 0.2) is 12.3 Å². The van der Waals surface area contributed by atoms with Crippen LogP contribution in [0.4, 0.5) is 11.5 Å². The molecule has 1 atom stereocenters. The maximum atomic E-state index is 11.0. The molecule has 0 saturated carbocycles. The minimum atomic E-state index is -1.02. The number of rotatable bonds is 6. The van der Waals surface area contributed by atoms with Gasteiger partial charge >= 0.3 is 5.97 Å². The van der Waals surface area contributed by atoms with E-state index in [4.69, 9.17) is 10.8 Å². The van der Waals surface area contributed by atoms with Crippen molar-refractivity contribution >= 4 is 29.2 Å². The Morgan fingerprint density at radius 3 is 3.00 bits per heavy atom. The number of nitrogens with one attached hydrogen (secondary N) is 1. The predicted octanol–water partition coefficient (Wildman–Crippen LogP) is 1.92. The standard InChI is InChI=1S/C11H17N3O2S/c1-7(3-4-17-2)14-10-9(11(15)16)5-8(12)6-13-10/h5-7H,3-4,12H2,1-2H3,(H,13,14)(H,15,16). The van der Waals surface area contributed by atoms with Crippen molar-refractivity contribution in [2.45, 2.75) is 19.4 Å². The van der Waals surface area contributed by atoms with Crippen LogP contribution in [0.1, 0.15) is 23.7 Å². The van der Waals surface area contributed by atoms with Crippen molar-refractivity contribution in [2.24, 2.45) is 0 Å². The lowest BCUT2D eigenvalue weighted by molar-refractivity contribution is 0.0697. The highest BCUT2D eigenvalue weighted by Gasteiger charge is 2.13. The van der Waals surface area contributed by atoms with Gasteiger partial charge in [-0.15, -0.1) is 0 Å². The van der Waals surface area contributed by atoms with Crippen molar-refractivity contribution in [1.29, 1.82) is 0 Å². The summed E-state index contributed by atoms with van der Waals surface area (Å²) in [5.74, 6) is 0.371. The fraction of sp³-hybridized carbons (Fsp3) is 0.455. The molecule has 4 N–H and O–H groups in total. The molecule has 5 nitrogen and oxygen atoms in total. The molecule has 6 heteroatoms. The molecular formula is C11H17N3O2S. The van der Waals surface area contributed by atoms with Crippen molar-refractivity contribution in [3.8, 4) is 0 Å². The summed E-state index contributed by atoms with van der Waals surface area (Å²) in [5, 5.41) is 12.1. The number of thioether (sulfide) groups is 1. The maximum Gasteiger partial charge on any atom is 0.339 e. The second-order valence-electron chi connectivity index (χ2n) is 3.80. The van der Waals surface area contributed by atoms with E-state index in [1.165, 1.54) is 12.3 Å². The molecule has 1 aromatic heterocycles. The van der Waals surface area contributed by atoms with Gasteiger partial charge in [-0.25, -0.2) is 9.78 Å². The average Bonchev–Trinajstić information content (AvgIpc) is 2.28. The van der Waals surface area contributed by atoms with Gasteiger partial charge < -0.3 is 16.2 Å². The third-order valence-corrected chi connectivity index (χ3v) is 2.92. The first-order valence-corrected chi connectivity index (χ1v) is 6.68. The molecule has 0 aliphatic rings. The number of nitrogen functional groups attached to an aromatic ring is 1. The van der Waals surface area contributed by atoms with Gasteiger partial charge in [-0.2, -0.15) is 11.8 Å². The summed E-state index contributed by atoms with van der Waals surface area (Å²) in [7, 11) is 0. The number of hydrogen-bond donors (Lipinski definition) is 3. The van der Waals surface area contributed by atoms with Crippen LogP contribution in [-0.2, 0) is 0 Å². The Kier molecular flexibility index (Phi) is 5.09. The lowest BCUT2D eigenvalue weighted by Gasteiger charge is -2.15. The number of aromatic nitrogens is 1. The number of nitrogens with two attached hydrogens (primary N) is 1. The summed E-state index contributed by atoms with van der Waals surface area (Å²) in [6.45, 7) is 2.00. The maximum absolute atomic E-state index is 11.0. The highest BCUT2D eigenvalue weighted by molar-refractivity contribution is 7.98. The zero-order valence-electron chi connectivity index (χ0n) is 9.93. The number of carbonyl (C=O) groups is 1. The molecule has 0 radical (unpaired) electrons. The molecule has 0 saturated heterocycles. The molecule has 0 aliphatic carbocycles. The van der Waals surface area contributed by atoms with Crippen LogP contribution in [0.25, 0.3) is 0 Å². The van der Waals surface area contributed by atoms with E-state index in [9.17, 15) is 4.79 Å². The van der Waals surface area contributed by atoms with Crippen molar-refractivity contribution in [2.75, 3.05) is 23.1 Å². The molecule has 0 aliphatic heterocycles. The Morgan fingerprint density at radius 1 is 1.71 bits per heavy atom. The van der Waals surface area contributed by atoms with Gasteiger partial charge in [0, 0.05) is 6.04 Å². The Balaban J connectivity index is 2.79. The minimum absolute atomic E-state index is 0.112.